The van der Waals surface area contributed by atoms with Gasteiger partial charge in [0, 0.05) is 6.54 Å². The molecule has 3 N–H and O–H groups in total. The molecule has 0 aliphatic heterocycles. The van der Waals surface area contributed by atoms with Gasteiger partial charge in [0.05, 0.1) is 12.0 Å². The van der Waals surface area contributed by atoms with Crippen molar-refractivity contribution in [1.82, 2.24) is 5.32 Å². The highest BCUT2D eigenvalue weighted by Crippen LogP contribution is 2.24. The van der Waals surface area contributed by atoms with Crippen molar-refractivity contribution in [1.29, 1.82) is 0 Å². The second-order valence-corrected chi connectivity index (χ2v) is 6.34. The van der Waals surface area contributed by atoms with Gasteiger partial charge in [-0.3, -0.25) is 4.79 Å². The van der Waals surface area contributed by atoms with E-state index in [-0.39, 0.29) is 23.3 Å². The molecule has 1 rings (SSSR count). The second-order valence-electron chi connectivity index (χ2n) is 6.34. The molecule has 0 bridgehead atoms. The van der Waals surface area contributed by atoms with Crippen molar-refractivity contribution in [2.75, 3.05) is 6.54 Å². The number of rotatable bonds is 5. The Morgan fingerprint density at radius 2 is 1.84 bits per heavy atom. The summed E-state index contributed by atoms with van der Waals surface area (Å²) in [5.74, 6) is -0.0695. The van der Waals surface area contributed by atoms with Gasteiger partial charge in [0.2, 0.25) is 5.91 Å². The third kappa shape index (κ3) is 5.43. The Morgan fingerprint density at radius 3 is 2.32 bits per heavy atom. The highest BCUT2D eigenvalue weighted by atomic mass is 16.1. The summed E-state index contributed by atoms with van der Waals surface area (Å²) in [6.07, 6.45) is 0.802. The van der Waals surface area contributed by atoms with Crippen LogP contribution >= 0.6 is 0 Å². The van der Waals surface area contributed by atoms with E-state index in [2.05, 4.69) is 26.1 Å². The van der Waals surface area contributed by atoms with Crippen molar-refractivity contribution in [3.05, 3.63) is 35.9 Å². The zero-order valence-electron chi connectivity index (χ0n) is 12.4. The van der Waals surface area contributed by atoms with Crippen LogP contribution in [0, 0.1) is 11.3 Å². The van der Waals surface area contributed by atoms with E-state index in [0.29, 0.717) is 6.54 Å². The monoisotopic (exact) mass is 262 g/mol. The number of amides is 1. The van der Waals surface area contributed by atoms with E-state index in [9.17, 15) is 4.79 Å². The average Bonchev–Trinajstić information content (AvgIpc) is 2.35. The molecule has 0 radical (unpaired) electrons. The zero-order valence-corrected chi connectivity index (χ0v) is 12.4. The minimum absolute atomic E-state index is 0.0164. The Balaban J connectivity index is 2.62. The first-order valence-electron chi connectivity index (χ1n) is 6.89. The van der Waals surface area contributed by atoms with Gasteiger partial charge in [-0.2, -0.15) is 0 Å². The van der Waals surface area contributed by atoms with Gasteiger partial charge in [-0.25, -0.2) is 0 Å². The van der Waals surface area contributed by atoms with E-state index in [4.69, 9.17) is 5.73 Å². The minimum atomic E-state index is -0.119. The molecule has 3 nitrogen and oxygen atoms in total. The highest BCUT2D eigenvalue weighted by molar-refractivity contribution is 5.79. The molecule has 0 aromatic heterocycles. The Morgan fingerprint density at radius 1 is 1.26 bits per heavy atom. The fraction of sp³-hybridized carbons (Fsp3) is 0.562. The van der Waals surface area contributed by atoms with Gasteiger partial charge < -0.3 is 11.1 Å². The lowest BCUT2D eigenvalue weighted by atomic mass is 9.84. The molecule has 0 saturated heterocycles. The summed E-state index contributed by atoms with van der Waals surface area (Å²) in [6.45, 7) is 8.78. The van der Waals surface area contributed by atoms with Crippen LogP contribution in [-0.4, -0.2) is 12.5 Å². The zero-order chi connectivity index (χ0) is 14.5. The molecular weight excluding hydrogens is 236 g/mol. The van der Waals surface area contributed by atoms with E-state index in [1.807, 2.05) is 37.3 Å². The van der Waals surface area contributed by atoms with Crippen molar-refractivity contribution in [2.45, 2.75) is 40.2 Å². The first kappa shape index (κ1) is 15.7. The fourth-order valence-electron chi connectivity index (χ4n) is 2.18. The lowest BCUT2D eigenvalue weighted by Gasteiger charge is -2.25. The fourth-order valence-corrected chi connectivity index (χ4v) is 2.18. The molecule has 0 spiro atoms. The number of carbonyl (C=O) groups is 1. The summed E-state index contributed by atoms with van der Waals surface area (Å²) < 4.78 is 0. The van der Waals surface area contributed by atoms with Gasteiger partial charge in [-0.1, -0.05) is 51.1 Å². The molecular formula is C16H26N2O. The van der Waals surface area contributed by atoms with E-state index in [0.717, 1.165) is 12.0 Å². The van der Waals surface area contributed by atoms with Gasteiger partial charge in [0.25, 0.3) is 0 Å². The number of hydrogen-bond donors (Lipinski definition) is 2. The number of nitrogens with one attached hydrogen (secondary N) is 1. The molecule has 3 heteroatoms. The summed E-state index contributed by atoms with van der Waals surface area (Å²) in [4.78, 5) is 12.2. The lowest BCUT2D eigenvalue weighted by molar-refractivity contribution is -0.126. The maximum absolute atomic E-state index is 12.2. The van der Waals surface area contributed by atoms with Crippen LogP contribution < -0.4 is 11.1 Å². The third-order valence-electron chi connectivity index (χ3n) is 3.17. The first-order valence-corrected chi connectivity index (χ1v) is 6.89. The van der Waals surface area contributed by atoms with Crippen molar-refractivity contribution < 1.29 is 4.79 Å². The molecule has 2 unspecified atom stereocenters. The molecule has 19 heavy (non-hydrogen) atoms. The van der Waals surface area contributed by atoms with E-state index in [1.54, 1.807) is 0 Å². The van der Waals surface area contributed by atoms with Gasteiger partial charge in [-0.15, -0.1) is 0 Å². The Labute approximate surface area is 116 Å². The first-order chi connectivity index (χ1) is 8.83. The molecule has 0 saturated carbocycles. The van der Waals surface area contributed by atoms with Crippen molar-refractivity contribution in [2.24, 2.45) is 17.1 Å². The van der Waals surface area contributed by atoms with E-state index < -0.39 is 0 Å². The van der Waals surface area contributed by atoms with Crippen LogP contribution in [0.5, 0.6) is 0 Å². The molecule has 0 aliphatic rings. The van der Waals surface area contributed by atoms with Crippen molar-refractivity contribution >= 4 is 5.91 Å². The van der Waals surface area contributed by atoms with E-state index in [1.165, 1.54) is 0 Å². The Kier molecular flexibility index (Phi) is 5.55. The summed E-state index contributed by atoms with van der Waals surface area (Å²) in [7, 11) is 0. The van der Waals surface area contributed by atoms with Gasteiger partial charge in [0.1, 0.15) is 0 Å². The maximum Gasteiger partial charge on any atom is 0.224 e. The maximum atomic E-state index is 12.2. The molecule has 1 aromatic rings. The summed E-state index contributed by atoms with van der Waals surface area (Å²) in [5, 5.41) is 3.05. The van der Waals surface area contributed by atoms with Crippen molar-refractivity contribution in [3.8, 4) is 0 Å². The predicted octanol–water partition coefficient (Wildman–Crippen LogP) is 2.87. The quantitative estimate of drug-likeness (QED) is 0.857. The van der Waals surface area contributed by atoms with Crippen LogP contribution in [0.3, 0.4) is 0 Å². The standard InChI is InChI=1S/C16H26N2O/c1-12(13-8-6-5-7-9-13)18-15(19)14(11-17)10-16(2,3)4/h5-9,12,14H,10-11,17H2,1-4H3,(H,18,19). The van der Waals surface area contributed by atoms with Crippen LogP contribution in [0.4, 0.5) is 0 Å². The molecule has 1 amide bonds. The number of carbonyl (C=O) groups excluding carboxylic acids is 1. The summed E-state index contributed by atoms with van der Waals surface area (Å²) >= 11 is 0. The van der Waals surface area contributed by atoms with Gasteiger partial charge >= 0.3 is 0 Å². The SMILES string of the molecule is CC(NC(=O)C(CN)CC(C)(C)C)c1ccccc1. The molecule has 0 fully saturated rings. The topological polar surface area (TPSA) is 55.1 Å². The predicted molar refractivity (Wildman–Crippen MR) is 79.6 cm³/mol. The molecule has 2 atom stereocenters. The smallest absolute Gasteiger partial charge is 0.224 e. The minimum Gasteiger partial charge on any atom is -0.349 e. The molecule has 1 aromatic carbocycles. The number of benzene rings is 1. The van der Waals surface area contributed by atoms with Gasteiger partial charge in [-0.05, 0) is 24.3 Å². The van der Waals surface area contributed by atoms with Crippen LogP contribution in [0.15, 0.2) is 30.3 Å². The normalized spacial score (nSPS) is 14.8. The van der Waals surface area contributed by atoms with E-state index >= 15 is 0 Å². The van der Waals surface area contributed by atoms with Crippen molar-refractivity contribution in [3.63, 3.8) is 0 Å². The Hall–Kier alpha value is -1.35. The largest absolute Gasteiger partial charge is 0.349 e. The summed E-state index contributed by atoms with van der Waals surface area (Å²) in [5.41, 5.74) is 6.96. The lowest BCUT2D eigenvalue weighted by Crippen LogP contribution is -2.38. The molecule has 106 valence electrons. The van der Waals surface area contributed by atoms with Crippen LogP contribution in [0.1, 0.15) is 45.7 Å². The highest BCUT2D eigenvalue weighted by Gasteiger charge is 2.24. The Bertz CT molecular complexity index is 395. The summed E-state index contributed by atoms with van der Waals surface area (Å²) in [6, 6.07) is 9.99. The number of nitrogens with two attached hydrogens (primary N) is 1. The van der Waals surface area contributed by atoms with Crippen LogP contribution in [-0.2, 0) is 4.79 Å². The molecule has 0 heterocycles. The number of hydrogen-bond acceptors (Lipinski definition) is 2. The van der Waals surface area contributed by atoms with Gasteiger partial charge in [0.15, 0.2) is 0 Å². The molecule has 0 aliphatic carbocycles. The van der Waals surface area contributed by atoms with Crippen LogP contribution in [0.2, 0.25) is 0 Å². The average molecular weight is 262 g/mol. The van der Waals surface area contributed by atoms with Crippen LogP contribution in [0.25, 0.3) is 0 Å². The second kappa shape index (κ2) is 6.71. The third-order valence-corrected chi connectivity index (χ3v) is 3.17.